The largest absolute Gasteiger partial charge is 0.369 e. The summed E-state index contributed by atoms with van der Waals surface area (Å²) in [6.07, 6.45) is 1.05. The van der Waals surface area contributed by atoms with Gasteiger partial charge in [0.2, 0.25) is 0 Å². The van der Waals surface area contributed by atoms with Gasteiger partial charge in [0.1, 0.15) is 0 Å². The van der Waals surface area contributed by atoms with E-state index < -0.39 is 0 Å². The van der Waals surface area contributed by atoms with Gasteiger partial charge in [-0.15, -0.1) is 0 Å². The van der Waals surface area contributed by atoms with Crippen molar-refractivity contribution in [2.75, 3.05) is 18.0 Å². The first kappa shape index (κ1) is 11.2. The van der Waals surface area contributed by atoms with Crippen molar-refractivity contribution in [3.05, 3.63) is 27.2 Å². The van der Waals surface area contributed by atoms with E-state index in [1.165, 1.54) is 0 Å². The summed E-state index contributed by atoms with van der Waals surface area (Å²) in [4.78, 5) is 2.28. The Hall–Kier alpha value is -0.250. The molecule has 1 aromatic carbocycles. The van der Waals surface area contributed by atoms with Crippen LogP contribution in [0.5, 0.6) is 0 Å². The Morgan fingerprint density at radius 1 is 1.53 bits per heavy atom. The van der Waals surface area contributed by atoms with E-state index in [0.717, 1.165) is 40.3 Å². The molecule has 0 aromatic heterocycles. The highest BCUT2D eigenvalue weighted by Crippen LogP contribution is 2.33. The van der Waals surface area contributed by atoms with Crippen molar-refractivity contribution < 1.29 is 0 Å². The molecule has 1 aromatic rings. The lowest BCUT2D eigenvalue weighted by Gasteiger charge is -2.20. The molecular weight excluding hydrogens is 275 g/mol. The van der Waals surface area contributed by atoms with Crippen LogP contribution in [0.2, 0.25) is 5.02 Å². The number of aryl methyl sites for hydroxylation is 1. The van der Waals surface area contributed by atoms with E-state index in [9.17, 15) is 0 Å². The molecule has 0 saturated carbocycles. The van der Waals surface area contributed by atoms with Crippen molar-refractivity contribution in [3.8, 4) is 0 Å². The summed E-state index contributed by atoms with van der Waals surface area (Å²) in [7, 11) is 0. The molecule has 0 spiro atoms. The van der Waals surface area contributed by atoms with Crippen LogP contribution in [0, 0.1) is 6.92 Å². The second kappa shape index (κ2) is 4.32. The Morgan fingerprint density at radius 3 is 2.87 bits per heavy atom. The number of hydrogen-bond donors (Lipinski definition) is 1. The fourth-order valence-corrected chi connectivity index (χ4v) is 2.75. The Morgan fingerprint density at radius 2 is 2.27 bits per heavy atom. The highest BCUT2D eigenvalue weighted by molar-refractivity contribution is 9.10. The van der Waals surface area contributed by atoms with E-state index in [-0.39, 0.29) is 6.04 Å². The monoisotopic (exact) mass is 288 g/mol. The smallest absolute Gasteiger partial charge is 0.0526 e. The van der Waals surface area contributed by atoms with Crippen LogP contribution in [0.15, 0.2) is 16.6 Å². The molecule has 2 nitrogen and oxygen atoms in total. The second-order valence-electron chi connectivity index (χ2n) is 4.05. The number of hydrogen-bond acceptors (Lipinski definition) is 2. The van der Waals surface area contributed by atoms with Crippen molar-refractivity contribution in [3.63, 3.8) is 0 Å². The minimum atomic E-state index is 0.289. The van der Waals surface area contributed by atoms with Crippen LogP contribution in [-0.4, -0.2) is 19.1 Å². The summed E-state index contributed by atoms with van der Waals surface area (Å²) in [6, 6.07) is 4.36. The van der Waals surface area contributed by atoms with Gasteiger partial charge in [0, 0.05) is 28.6 Å². The predicted octanol–water partition coefficient (Wildman–Crippen LogP) is 2.95. The molecule has 0 amide bonds. The summed E-state index contributed by atoms with van der Waals surface area (Å²) in [6.45, 7) is 3.93. The molecule has 1 aliphatic rings. The number of nitrogens with two attached hydrogens (primary N) is 1. The van der Waals surface area contributed by atoms with E-state index in [0.29, 0.717) is 0 Å². The van der Waals surface area contributed by atoms with Crippen LogP contribution in [0.4, 0.5) is 5.69 Å². The standard InChI is InChI=1S/C11H14BrClN2/c1-7-4-9(12)11(5-10(7)13)15-3-2-8(14)6-15/h4-5,8H,2-3,6,14H2,1H3. The molecule has 15 heavy (non-hydrogen) atoms. The van der Waals surface area contributed by atoms with Gasteiger partial charge in [-0.2, -0.15) is 0 Å². The van der Waals surface area contributed by atoms with Crippen molar-refractivity contribution in [1.29, 1.82) is 0 Å². The minimum absolute atomic E-state index is 0.289. The number of benzene rings is 1. The summed E-state index contributed by atoms with van der Waals surface area (Å²) >= 11 is 9.69. The number of halogens is 2. The first-order chi connectivity index (χ1) is 7.08. The fourth-order valence-electron chi connectivity index (χ4n) is 1.88. The molecule has 0 radical (unpaired) electrons. The zero-order chi connectivity index (χ0) is 11.0. The number of nitrogens with zero attached hydrogens (tertiary/aromatic N) is 1. The maximum absolute atomic E-state index is 6.12. The molecular formula is C11H14BrClN2. The van der Waals surface area contributed by atoms with E-state index >= 15 is 0 Å². The highest BCUT2D eigenvalue weighted by Gasteiger charge is 2.21. The highest BCUT2D eigenvalue weighted by atomic mass is 79.9. The lowest BCUT2D eigenvalue weighted by molar-refractivity contribution is 0.752. The van der Waals surface area contributed by atoms with Gasteiger partial charge in [-0.3, -0.25) is 0 Å². The van der Waals surface area contributed by atoms with E-state index in [2.05, 4.69) is 26.9 Å². The normalized spacial score (nSPS) is 21.1. The molecule has 2 rings (SSSR count). The molecule has 1 fully saturated rings. The molecule has 4 heteroatoms. The van der Waals surface area contributed by atoms with Crippen LogP contribution < -0.4 is 10.6 Å². The van der Waals surface area contributed by atoms with Gasteiger partial charge in [0.15, 0.2) is 0 Å². The molecule has 82 valence electrons. The predicted molar refractivity (Wildman–Crippen MR) is 68.7 cm³/mol. The average Bonchev–Trinajstić information content (AvgIpc) is 2.58. The van der Waals surface area contributed by atoms with Crippen LogP contribution in [-0.2, 0) is 0 Å². The third-order valence-electron chi connectivity index (χ3n) is 2.79. The summed E-state index contributed by atoms with van der Waals surface area (Å²) in [5.41, 5.74) is 8.14. The Bertz CT molecular complexity index is 381. The van der Waals surface area contributed by atoms with Crippen molar-refractivity contribution >= 4 is 33.2 Å². The molecule has 1 aliphatic heterocycles. The fraction of sp³-hybridized carbons (Fsp3) is 0.455. The zero-order valence-electron chi connectivity index (χ0n) is 8.63. The molecule has 0 aliphatic carbocycles. The molecule has 1 heterocycles. The average molecular weight is 290 g/mol. The minimum Gasteiger partial charge on any atom is -0.369 e. The van der Waals surface area contributed by atoms with E-state index in [1.54, 1.807) is 0 Å². The third kappa shape index (κ3) is 2.30. The number of rotatable bonds is 1. The topological polar surface area (TPSA) is 29.3 Å². The molecule has 1 saturated heterocycles. The van der Waals surface area contributed by atoms with E-state index in [1.807, 2.05) is 13.0 Å². The number of anilines is 1. The maximum Gasteiger partial charge on any atom is 0.0526 e. The Labute approximate surface area is 104 Å². The molecule has 2 N–H and O–H groups in total. The van der Waals surface area contributed by atoms with Gasteiger partial charge in [-0.25, -0.2) is 0 Å². The second-order valence-corrected chi connectivity index (χ2v) is 5.31. The van der Waals surface area contributed by atoms with Crippen molar-refractivity contribution in [2.24, 2.45) is 5.73 Å². The van der Waals surface area contributed by atoms with Crippen LogP contribution in [0.3, 0.4) is 0 Å². The first-order valence-corrected chi connectivity index (χ1v) is 6.21. The zero-order valence-corrected chi connectivity index (χ0v) is 11.0. The van der Waals surface area contributed by atoms with Crippen LogP contribution >= 0.6 is 27.5 Å². The summed E-state index contributed by atoms with van der Waals surface area (Å²) < 4.78 is 1.10. The Kier molecular flexibility index (Phi) is 3.24. The lowest BCUT2D eigenvalue weighted by Crippen LogP contribution is -2.26. The summed E-state index contributed by atoms with van der Waals surface area (Å²) in [5.74, 6) is 0. The molecule has 0 bridgehead atoms. The molecule has 1 unspecified atom stereocenters. The SMILES string of the molecule is Cc1cc(Br)c(N2CCC(N)C2)cc1Cl. The van der Waals surface area contributed by atoms with Gasteiger partial charge in [-0.1, -0.05) is 11.6 Å². The van der Waals surface area contributed by atoms with Crippen LogP contribution in [0.1, 0.15) is 12.0 Å². The first-order valence-electron chi connectivity index (χ1n) is 5.04. The third-order valence-corrected chi connectivity index (χ3v) is 3.84. The maximum atomic E-state index is 6.12. The van der Waals surface area contributed by atoms with Gasteiger partial charge in [0.05, 0.1) is 5.69 Å². The van der Waals surface area contributed by atoms with Crippen molar-refractivity contribution in [2.45, 2.75) is 19.4 Å². The van der Waals surface area contributed by atoms with Crippen LogP contribution in [0.25, 0.3) is 0 Å². The lowest BCUT2D eigenvalue weighted by atomic mass is 10.2. The Balaban J connectivity index is 2.32. The van der Waals surface area contributed by atoms with Crippen molar-refractivity contribution in [1.82, 2.24) is 0 Å². The quantitative estimate of drug-likeness (QED) is 0.861. The van der Waals surface area contributed by atoms with Gasteiger partial charge < -0.3 is 10.6 Å². The van der Waals surface area contributed by atoms with Gasteiger partial charge in [0.25, 0.3) is 0 Å². The van der Waals surface area contributed by atoms with Gasteiger partial charge in [-0.05, 0) is 47.0 Å². The van der Waals surface area contributed by atoms with Gasteiger partial charge >= 0.3 is 0 Å². The molecule has 1 atom stereocenters. The van der Waals surface area contributed by atoms with E-state index in [4.69, 9.17) is 17.3 Å². The summed E-state index contributed by atoms with van der Waals surface area (Å²) in [5, 5.41) is 0.814.